The molecule has 2 N–H and O–H groups in total. The topological polar surface area (TPSA) is 63.5 Å². The van der Waals surface area contributed by atoms with Crippen molar-refractivity contribution in [3.63, 3.8) is 0 Å². The Kier molecular flexibility index (Phi) is 8.50. The molecule has 0 amide bonds. The fourth-order valence-electron chi connectivity index (χ4n) is 1.81. The zero-order valence-corrected chi connectivity index (χ0v) is 13.7. The summed E-state index contributed by atoms with van der Waals surface area (Å²) >= 11 is 0. The van der Waals surface area contributed by atoms with Gasteiger partial charge in [0.15, 0.2) is 5.96 Å². The lowest BCUT2D eigenvalue weighted by Gasteiger charge is -2.12. The Hall–Kier alpha value is -1.56. The van der Waals surface area contributed by atoms with Crippen LogP contribution >= 0.6 is 0 Å². The summed E-state index contributed by atoms with van der Waals surface area (Å²) in [4.78, 5) is 4.19. The molecule has 1 aromatic rings. The van der Waals surface area contributed by atoms with E-state index >= 15 is 0 Å². The molecule has 0 aliphatic heterocycles. The SMILES string of the molecule is CN=C(NCCOCCC(C)C)NCCc1cnn(C)c1. The molecule has 0 aliphatic carbocycles. The van der Waals surface area contributed by atoms with Gasteiger partial charge < -0.3 is 15.4 Å². The van der Waals surface area contributed by atoms with Crippen molar-refractivity contribution in [3.05, 3.63) is 18.0 Å². The summed E-state index contributed by atoms with van der Waals surface area (Å²) in [6.45, 7) is 7.54. The largest absolute Gasteiger partial charge is 0.380 e. The minimum Gasteiger partial charge on any atom is -0.380 e. The number of aliphatic imine (C=N–C) groups is 1. The first-order chi connectivity index (χ1) is 10.1. The zero-order chi connectivity index (χ0) is 15.5. The van der Waals surface area contributed by atoms with Gasteiger partial charge in [-0.1, -0.05) is 13.8 Å². The summed E-state index contributed by atoms with van der Waals surface area (Å²) < 4.78 is 7.38. The Morgan fingerprint density at radius 2 is 2.10 bits per heavy atom. The summed E-state index contributed by atoms with van der Waals surface area (Å²) in [5.41, 5.74) is 1.22. The van der Waals surface area contributed by atoms with Crippen LogP contribution in [-0.2, 0) is 18.2 Å². The van der Waals surface area contributed by atoms with Gasteiger partial charge in [0, 0.05) is 40.0 Å². The third kappa shape index (κ3) is 8.34. The van der Waals surface area contributed by atoms with E-state index in [2.05, 4.69) is 34.6 Å². The van der Waals surface area contributed by atoms with E-state index in [1.54, 1.807) is 7.05 Å². The van der Waals surface area contributed by atoms with Gasteiger partial charge >= 0.3 is 0 Å². The normalized spacial score (nSPS) is 12.0. The molecule has 0 fully saturated rings. The van der Waals surface area contributed by atoms with Gasteiger partial charge in [0.05, 0.1) is 12.8 Å². The number of aromatic nitrogens is 2. The number of hydrogen-bond acceptors (Lipinski definition) is 3. The molecule has 0 aliphatic rings. The fraction of sp³-hybridized carbons (Fsp3) is 0.733. The molecule has 6 nitrogen and oxygen atoms in total. The predicted molar refractivity (Wildman–Crippen MR) is 86.6 cm³/mol. The van der Waals surface area contributed by atoms with Crippen molar-refractivity contribution in [2.45, 2.75) is 26.7 Å². The smallest absolute Gasteiger partial charge is 0.191 e. The second-order valence-electron chi connectivity index (χ2n) is 5.49. The van der Waals surface area contributed by atoms with Gasteiger partial charge in [0.25, 0.3) is 0 Å². The van der Waals surface area contributed by atoms with E-state index in [1.807, 2.05) is 24.1 Å². The quantitative estimate of drug-likeness (QED) is 0.408. The zero-order valence-electron chi connectivity index (χ0n) is 13.7. The Morgan fingerprint density at radius 3 is 2.71 bits per heavy atom. The first-order valence-electron chi connectivity index (χ1n) is 7.61. The standard InChI is InChI=1S/C15H29N5O/c1-13(2)6-9-21-10-8-18-15(16-3)17-7-5-14-11-19-20(4)12-14/h11-13H,5-10H2,1-4H3,(H2,16,17,18). The minimum absolute atomic E-state index is 0.694. The molecule has 0 saturated heterocycles. The molecule has 1 rings (SSSR count). The number of nitrogens with zero attached hydrogens (tertiary/aromatic N) is 3. The molecule has 21 heavy (non-hydrogen) atoms. The highest BCUT2D eigenvalue weighted by atomic mass is 16.5. The van der Waals surface area contributed by atoms with Crippen LogP contribution in [0, 0.1) is 5.92 Å². The van der Waals surface area contributed by atoms with E-state index in [4.69, 9.17) is 4.74 Å². The van der Waals surface area contributed by atoms with Crippen LogP contribution in [-0.4, -0.2) is 49.1 Å². The average Bonchev–Trinajstić information content (AvgIpc) is 2.86. The molecule has 0 unspecified atom stereocenters. The third-order valence-electron chi connectivity index (χ3n) is 3.07. The van der Waals surface area contributed by atoms with Crippen molar-refractivity contribution >= 4 is 5.96 Å². The molecule has 0 atom stereocenters. The monoisotopic (exact) mass is 295 g/mol. The molecule has 6 heteroatoms. The van der Waals surface area contributed by atoms with Crippen LogP contribution in [0.3, 0.4) is 0 Å². The van der Waals surface area contributed by atoms with E-state index in [0.29, 0.717) is 12.5 Å². The lowest BCUT2D eigenvalue weighted by molar-refractivity contribution is 0.128. The van der Waals surface area contributed by atoms with E-state index in [-0.39, 0.29) is 0 Å². The van der Waals surface area contributed by atoms with Crippen LogP contribution < -0.4 is 10.6 Å². The van der Waals surface area contributed by atoms with E-state index in [0.717, 1.165) is 38.5 Å². The van der Waals surface area contributed by atoms with Crippen molar-refractivity contribution in [3.8, 4) is 0 Å². The van der Waals surface area contributed by atoms with Gasteiger partial charge in [-0.3, -0.25) is 9.67 Å². The number of nitrogens with one attached hydrogen (secondary N) is 2. The second-order valence-corrected chi connectivity index (χ2v) is 5.49. The van der Waals surface area contributed by atoms with Gasteiger partial charge in [-0.05, 0) is 24.3 Å². The van der Waals surface area contributed by atoms with Crippen molar-refractivity contribution in [1.29, 1.82) is 0 Å². The van der Waals surface area contributed by atoms with E-state index in [9.17, 15) is 0 Å². The molecular weight excluding hydrogens is 266 g/mol. The number of hydrogen-bond donors (Lipinski definition) is 2. The average molecular weight is 295 g/mol. The highest BCUT2D eigenvalue weighted by molar-refractivity contribution is 5.79. The molecule has 0 saturated carbocycles. The number of aryl methyl sites for hydroxylation is 1. The van der Waals surface area contributed by atoms with Crippen molar-refractivity contribution < 1.29 is 4.74 Å². The van der Waals surface area contributed by atoms with Gasteiger partial charge in [-0.15, -0.1) is 0 Å². The molecule has 120 valence electrons. The first-order valence-corrected chi connectivity index (χ1v) is 7.61. The van der Waals surface area contributed by atoms with Gasteiger partial charge in [0.1, 0.15) is 0 Å². The summed E-state index contributed by atoms with van der Waals surface area (Å²) in [6, 6.07) is 0. The maximum atomic E-state index is 5.56. The molecular formula is C15H29N5O. The van der Waals surface area contributed by atoms with Gasteiger partial charge in [-0.25, -0.2) is 0 Å². The Labute approximate surface area is 128 Å². The van der Waals surface area contributed by atoms with E-state index in [1.165, 1.54) is 5.56 Å². The Bertz CT molecular complexity index is 414. The number of ether oxygens (including phenoxy) is 1. The van der Waals surface area contributed by atoms with E-state index < -0.39 is 0 Å². The van der Waals surface area contributed by atoms with Crippen molar-refractivity contribution in [2.75, 3.05) is 33.4 Å². The molecule has 0 aromatic carbocycles. The minimum atomic E-state index is 0.694. The van der Waals surface area contributed by atoms with Crippen LogP contribution in [0.4, 0.5) is 0 Å². The summed E-state index contributed by atoms with van der Waals surface area (Å²) in [7, 11) is 3.70. The lowest BCUT2D eigenvalue weighted by Crippen LogP contribution is -2.39. The summed E-state index contributed by atoms with van der Waals surface area (Å²) in [5, 5.41) is 10.7. The highest BCUT2D eigenvalue weighted by Gasteiger charge is 1.99. The maximum absolute atomic E-state index is 5.56. The summed E-state index contributed by atoms with van der Waals surface area (Å²) in [5.74, 6) is 1.51. The Morgan fingerprint density at radius 1 is 1.33 bits per heavy atom. The lowest BCUT2D eigenvalue weighted by atomic mass is 10.1. The molecule has 0 bridgehead atoms. The van der Waals surface area contributed by atoms with Gasteiger partial charge in [-0.2, -0.15) is 5.10 Å². The second kappa shape index (κ2) is 10.2. The maximum Gasteiger partial charge on any atom is 0.191 e. The van der Waals surface area contributed by atoms with Crippen LogP contribution in [0.25, 0.3) is 0 Å². The Balaban J connectivity index is 2.06. The number of guanidine groups is 1. The predicted octanol–water partition coefficient (Wildman–Crippen LogP) is 1.19. The van der Waals surface area contributed by atoms with Crippen molar-refractivity contribution in [2.24, 2.45) is 18.0 Å². The van der Waals surface area contributed by atoms with Crippen molar-refractivity contribution in [1.82, 2.24) is 20.4 Å². The molecule has 0 radical (unpaired) electrons. The van der Waals surface area contributed by atoms with Crippen LogP contribution in [0.1, 0.15) is 25.8 Å². The first kappa shape index (κ1) is 17.5. The molecule has 0 spiro atoms. The van der Waals surface area contributed by atoms with Crippen LogP contribution in [0.5, 0.6) is 0 Å². The number of rotatable bonds is 9. The molecule has 1 heterocycles. The molecule has 1 aromatic heterocycles. The van der Waals surface area contributed by atoms with Gasteiger partial charge in [0.2, 0.25) is 0 Å². The fourth-order valence-corrected chi connectivity index (χ4v) is 1.81. The van der Waals surface area contributed by atoms with Crippen LogP contribution in [0.15, 0.2) is 17.4 Å². The highest BCUT2D eigenvalue weighted by Crippen LogP contribution is 1.98. The summed E-state index contributed by atoms with van der Waals surface area (Å²) in [6.07, 6.45) is 5.96. The van der Waals surface area contributed by atoms with Crippen LogP contribution in [0.2, 0.25) is 0 Å². The third-order valence-corrected chi connectivity index (χ3v) is 3.07.